The zero-order chi connectivity index (χ0) is 15.2. The van der Waals surface area contributed by atoms with E-state index in [9.17, 15) is 4.79 Å². The number of piperidine rings is 1. The molecule has 0 saturated carbocycles. The van der Waals surface area contributed by atoms with Crippen LogP contribution < -0.4 is 5.32 Å². The number of hydrogen-bond acceptors (Lipinski definition) is 4. The van der Waals surface area contributed by atoms with Crippen molar-refractivity contribution in [1.29, 1.82) is 0 Å². The molecule has 22 heavy (non-hydrogen) atoms. The maximum absolute atomic E-state index is 11.5. The van der Waals surface area contributed by atoms with Crippen molar-refractivity contribution in [3.05, 3.63) is 18.0 Å². The second kappa shape index (κ2) is 8.96. The van der Waals surface area contributed by atoms with E-state index in [0.717, 1.165) is 37.5 Å². The first kappa shape index (κ1) is 18.7. The maximum atomic E-state index is 11.5. The molecule has 2 heterocycles. The lowest BCUT2D eigenvalue weighted by atomic mass is 9.97. The van der Waals surface area contributed by atoms with E-state index in [1.165, 1.54) is 7.11 Å². The molecule has 1 N–H and O–H groups in total. The van der Waals surface area contributed by atoms with Crippen molar-refractivity contribution < 1.29 is 9.53 Å². The summed E-state index contributed by atoms with van der Waals surface area (Å²) in [5, 5.41) is 7.48. The van der Waals surface area contributed by atoms with Crippen LogP contribution in [-0.2, 0) is 23.1 Å². The van der Waals surface area contributed by atoms with Crippen LogP contribution in [0.25, 0.3) is 0 Å². The molecule has 124 valence electrons. The number of aryl methyl sites for hydroxylation is 1. The fourth-order valence-corrected chi connectivity index (χ4v) is 2.57. The second-order valence-electron chi connectivity index (χ2n) is 5.21. The average molecular weight is 421 g/mol. The molecule has 0 radical (unpaired) electrons. The average Bonchev–Trinajstić information content (AvgIpc) is 2.93. The zero-order valence-electron chi connectivity index (χ0n) is 13.3. The smallest absolute Gasteiger partial charge is 0.308 e. The van der Waals surface area contributed by atoms with Crippen LogP contribution in [0.4, 0.5) is 0 Å². The number of nitrogens with zero attached hydrogens (tertiary/aromatic N) is 4. The first-order chi connectivity index (χ1) is 10.1. The lowest BCUT2D eigenvalue weighted by Crippen LogP contribution is -2.46. The minimum Gasteiger partial charge on any atom is -0.469 e. The lowest BCUT2D eigenvalue weighted by Gasteiger charge is -2.33. The standard InChI is InChI=1S/C14H23N5O2.HI/c1-15-14(16-8-11-9-17-18(2)10-11)19-6-4-12(5-7-19)13(20)21-3;/h9-10,12H,4-8H2,1-3H3,(H,15,16);1H. The Bertz CT molecular complexity index is 509. The SMILES string of the molecule is CN=C(NCc1cnn(C)c1)N1CCC(C(=O)OC)CC1.I. The van der Waals surface area contributed by atoms with Gasteiger partial charge in [0.15, 0.2) is 5.96 Å². The van der Waals surface area contributed by atoms with Crippen LogP contribution in [-0.4, -0.2) is 53.9 Å². The molecule has 0 atom stereocenters. The summed E-state index contributed by atoms with van der Waals surface area (Å²) >= 11 is 0. The van der Waals surface area contributed by atoms with Gasteiger partial charge in [0.1, 0.15) is 0 Å². The Kier molecular flexibility index (Phi) is 7.63. The summed E-state index contributed by atoms with van der Waals surface area (Å²) in [6, 6.07) is 0. The Balaban J connectivity index is 0.00000242. The normalized spacial score (nSPS) is 16.1. The first-order valence-electron chi connectivity index (χ1n) is 7.15. The van der Waals surface area contributed by atoms with E-state index >= 15 is 0 Å². The van der Waals surface area contributed by atoms with Crippen LogP contribution in [0.2, 0.25) is 0 Å². The molecular formula is C14H24IN5O2. The Morgan fingerprint density at radius 3 is 2.68 bits per heavy atom. The van der Waals surface area contributed by atoms with Gasteiger partial charge < -0.3 is 15.0 Å². The second-order valence-corrected chi connectivity index (χ2v) is 5.21. The highest BCUT2D eigenvalue weighted by molar-refractivity contribution is 14.0. The summed E-state index contributed by atoms with van der Waals surface area (Å²) in [7, 11) is 5.12. The first-order valence-corrected chi connectivity index (χ1v) is 7.15. The highest BCUT2D eigenvalue weighted by Gasteiger charge is 2.26. The molecule has 7 nitrogen and oxygen atoms in total. The highest BCUT2D eigenvalue weighted by atomic mass is 127. The number of aliphatic imine (C=N–C) groups is 1. The molecule has 1 aliphatic heterocycles. The van der Waals surface area contributed by atoms with Gasteiger partial charge in [-0.3, -0.25) is 14.5 Å². The predicted octanol–water partition coefficient (Wildman–Crippen LogP) is 0.998. The van der Waals surface area contributed by atoms with Gasteiger partial charge in [0, 0.05) is 45.5 Å². The number of likely N-dealkylation sites (tertiary alicyclic amines) is 1. The van der Waals surface area contributed by atoms with E-state index in [1.54, 1.807) is 11.7 Å². The van der Waals surface area contributed by atoms with Gasteiger partial charge >= 0.3 is 5.97 Å². The van der Waals surface area contributed by atoms with E-state index in [0.29, 0.717) is 6.54 Å². The number of methoxy groups -OCH3 is 1. The lowest BCUT2D eigenvalue weighted by molar-refractivity contribution is -0.146. The van der Waals surface area contributed by atoms with Gasteiger partial charge in [0.05, 0.1) is 19.2 Å². The molecule has 1 saturated heterocycles. The molecule has 8 heteroatoms. The van der Waals surface area contributed by atoms with Crippen molar-refractivity contribution in [3.63, 3.8) is 0 Å². The number of nitrogens with one attached hydrogen (secondary N) is 1. The monoisotopic (exact) mass is 421 g/mol. The van der Waals surface area contributed by atoms with Gasteiger partial charge in [-0.15, -0.1) is 24.0 Å². The van der Waals surface area contributed by atoms with E-state index in [2.05, 4.69) is 20.3 Å². The molecule has 0 aromatic carbocycles. The maximum Gasteiger partial charge on any atom is 0.308 e. The van der Waals surface area contributed by atoms with Crippen molar-refractivity contribution in [2.75, 3.05) is 27.2 Å². The zero-order valence-corrected chi connectivity index (χ0v) is 15.6. The summed E-state index contributed by atoms with van der Waals surface area (Å²) in [5.41, 5.74) is 1.11. The fraction of sp³-hybridized carbons (Fsp3) is 0.643. The molecule has 0 unspecified atom stereocenters. The van der Waals surface area contributed by atoms with E-state index in [1.807, 2.05) is 19.4 Å². The van der Waals surface area contributed by atoms with Crippen molar-refractivity contribution in [2.24, 2.45) is 18.0 Å². The third-order valence-corrected chi connectivity index (χ3v) is 3.75. The van der Waals surface area contributed by atoms with Gasteiger partial charge in [0.25, 0.3) is 0 Å². The molecule has 0 aliphatic carbocycles. The molecular weight excluding hydrogens is 397 g/mol. The summed E-state index contributed by atoms with van der Waals surface area (Å²) in [5.74, 6) is 0.776. The Hall–Kier alpha value is -1.32. The number of carbonyl (C=O) groups is 1. The van der Waals surface area contributed by atoms with Crippen molar-refractivity contribution in [2.45, 2.75) is 19.4 Å². The van der Waals surface area contributed by atoms with E-state index < -0.39 is 0 Å². The van der Waals surface area contributed by atoms with Gasteiger partial charge in [-0.25, -0.2) is 0 Å². The van der Waals surface area contributed by atoms with Crippen molar-refractivity contribution >= 4 is 35.9 Å². The van der Waals surface area contributed by atoms with Crippen LogP contribution in [0.1, 0.15) is 18.4 Å². The number of hydrogen-bond donors (Lipinski definition) is 1. The number of ether oxygens (including phenoxy) is 1. The topological polar surface area (TPSA) is 71.8 Å². The number of esters is 1. The third kappa shape index (κ3) is 4.85. The van der Waals surface area contributed by atoms with Crippen LogP contribution in [0.5, 0.6) is 0 Å². The molecule has 1 aliphatic rings. The number of rotatable bonds is 3. The Morgan fingerprint density at radius 2 is 2.18 bits per heavy atom. The number of halogens is 1. The van der Waals surface area contributed by atoms with Crippen LogP contribution in [0.15, 0.2) is 17.4 Å². The third-order valence-electron chi connectivity index (χ3n) is 3.75. The molecule has 0 amide bonds. The van der Waals surface area contributed by atoms with Gasteiger partial charge in [-0.2, -0.15) is 5.10 Å². The minimum absolute atomic E-state index is 0. The van der Waals surface area contributed by atoms with Gasteiger partial charge in [0.2, 0.25) is 0 Å². The molecule has 2 rings (SSSR count). The van der Waals surface area contributed by atoms with E-state index in [4.69, 9.17) is 4.74 Å². The molecule has 0 spiro atoms. The Morgan fingerprint density at radius 1 is 1.50 bits per heavy atom. The van der Waals surface area contributed by atoms with Crippen LogP contribution >= 0.6 is 24.0 Å². The summed E-state index contributed by atoms with van der Waals surface area (Å²) < 4.78 is 6.59. The van der Waals surface area contributed by atoms with Crippen LogP contribution in [0, 0.1) is 5.92 Å². The van der Waals surface area contributed by atoms with Gasteiger partial charge in [-0.05, 0) is 12.8 Å². The fourth-order valence-electron chi connectivity index (χ4n) is 2.57. The molecule has 1 aromatic heterocycles. The molecule has 0 bridgehead atoms. The Labute approximate surface area is 148 Å². The van der Waals surface area contributed by atoms with Gasteiger partial charge in [-0.1, -0.05) is 0 Å². The van der Waals surface area contributed by atoms with Crippen molar-refractivity contribution in [1.82, 2.24) is 20.0 Å². The summed E-state index contributed by atoms with van der Waals surface area (Å²) in [4.78, 5) is 18.0. The highest BCUT2D eigenvalue weighted by Crippen LogP contribution is 2.18. The minimum atomic E-state index is -0.104. The number of guanidine groups is 1. The summed E-state index contributed by atoms with van der Waals surface area (Å²) in [6.45, 7) is 2.32. The molecule has 1 fully saturated rings. The van der Waals surface area contributed by atoms with Crippen molar-refractivity contribution in [3.8, 4) is 0 Å². The predicted molar refractivity (Wildman–Crippen MR) is 95.1 cm³/mol. The number of carbonyl (C=O) groups excluding carboxylic acids is 1. The largest absolute Gasteiger partial charge is 0.469 e. The number of aromatic nitrogens is 2. The van der Waals surface area contributed by atoms with Crippen LogP contribution in [0.3, 0.4) is 0 Å². The summed E-state index contributed by atoms with van der Waals surface area (Å²) in [6.07, 6.45) is 5.42. The molecule has 1 aromatic rings. The quantitative estimate of drug-likeness (QED) is 0.341. The van der Waals surface area contributed by atoms with E-state index in [-0.39, 0.29) is 35.9 Å².